The van der Waals surface area contributed by atoms with Crippen molar-refractivity contribution in [2.75, 3.05) is 19.5 Å². The molecule has 0 fully saturated rings. The number of hydrogen-bond donors (Lipinski definition) is 1. The van der Waals surface area contributed by atoms with Gasteiger partial charge in [0, 0.05) is 18.8 Å². The van der Waals surface area contributed by atoms with E-state index < -0.39 is 0 Å². The van der Waals surface area contributed by atoms with Crippen LogP contribution in [-0.2, 0) is 0 Å². The summed E-state index contributed by atoms with van der Waals surface area (Å²) >= 11 is 0. The average molecular weight is 247 g/mol. The summed E-state index contributed by atoms with van der Waals surface area (Å²) in [4.78, 5) is 13.4. The molecule has 96 valence electrons. The number of urea groups is 1. The Labute approximate surface area is 107 Å². The van der Waals surface area contributed by atoms with E-state index in [0.717, 1.165) is 5.75 Å². The van der Waals surface area contributed by atoms with Gasteiger partial charge in [0.1, 0.15) is 5.75 Å². The third-order valence-electron chi connectivity index (χ3n) is 2.71. The molecule has 0 aliphatic carbocycles. The van der Waals surface area contributed by atoms with Gasteiger partial charge in [0.05, 0.1) is 19.6 Å². The van der Waals surface area contributed by atoms with Gasteiger partial charge >= 0.3 is 6.03 Å². The van der Waals surface area contributed by atoms with Crippen molar-refractivity contribution in [3.63, 3.8) is 0 Å². The smallest absolute Gasteiger partial charge is 0.321 e. The number of rotatable bonds is 4. The van der Waals surface area contributed by atoms with Gasteiger partial charge in [-0.05, 0) is 31.2 Å². The highest BCUT2D eigenvalue weighted by Crippen LogP contribution is 2.15. The molecule has 0 saturated carbocycles. The second-order valence-corrected chi connectivity index (χ2v) is 3.98. The lowest BCUT2D eigenvalue weighted by Gasteiger charge is -2.23. The lowest BCUT2D eigenvalue weighted by atomic mass is 10.2. The predicted octanol–water partition coefficient (Wildman–Crippen LogP) is 2.46. The Hall–Kier alpha value is -2.22. The first-order valence-corrected chi connectivity index (χ1v) is 5.63. The van der Waals surface area contributed by atoms with Gasteiger partial charge in [0.2, 0.25) is 0 Å². The minimum atomic E-state index is -0.233. The van der Waals surface area contributed by atoms with Crippen LogP contribution < -0.4 is 10.1 Å². The molecule has 1 aromatic rings. The number of nitrogens with one attached hydrogen (secondary N) is 1. The Morgan fingerprint density at radius 3 is 2.61 bits per heavy atom. The molecular formula is C13H17N3O2. The zero-order chi connectivity index (χ0) is 13.5. The molecule has 2 amide bonds. The standard InChI is InChI=1S/C13H17N3O2/c1-10(8-9-14)16(2)13(17)15-11-4-6-12(18-3)7-5-11/h4-7,10H,8H2,1-3H3,(H,15,17). The van der Waals surface area contributed by atoms with Gasteiger partial charge in [-0.15, -0.1) is 0 Å². The Balaban J connectivity index is 2.61. The SMILES string of the molecule is COc1ccc(NC(=O)N(C)C(C)CC#N)cc1. The molecule has 1 atom stereocenters. The number of ether oxygens (including phenoxy) is 1. The van der Waals surface area contributed by atoms with Crippen molar-refractivity contribution in [3.8, 4) is 11.8 Å². The Morgan fingerprint density at radius 2 is 2.11 bits per heavy atom. The minimum absolute atomic E-state index is 0.117. The monoisotopic (exact) mass is 247 g/mol. The highest BCUT2D eigenvalue weighted by molar-refractivity contribution is 5.89. The van der Waals surface area contributed by atoms with Gasteiger partial charge in [-0.1, -0.05) is 0 Å². The summed E-state index contributed by atoms with van der Waals surface area (Å²) in [6.07, 6.45) is 0.312. The van der Waals surface area contributed by atoms with Crippen molar-refractivity contribution >= 4 is 11.7 Å². The summed E-state index contributed by atoms with van der Waals surface area (Å²) in [6, 6.07) is 8.76. The van der Waals surface area contributed by atoms with Crippen molar-refractivity contribution in [2.45, 2.75) is 19.4 Å². The fourth-order valence-electron chi connectivity index (χ4n) is 1.36. The lowest BCUT2D eigenvalue weighted by molar-refractivity contribution is 0.208. The van der Waals surface area contributed by atoms with E-state index in [0.29, 0.717) is 12.1 Å². The first-order chi connectivity index (χ1) is 8.58. The maximum Gasteiger partial charge on any atom is 0.321 e. The molecule has 1 unspecified atom stereocenters. The van der Waals surface area contributed by atoms with Gasteiger partial charge < -0.3 is 15.0 Å². The Kier molecular flexibility index (Phi) is 5.00. The maximum absolute atomic E-state index is 11.9. The number of anilines is 1. The summed E-state index contributed by atoms with van der Waals surface area (Å²) in [5.74, 6) is 0.735. The lowest BCUT2D eigenvalue weighted by Crippen LogP contribution is -2.38. The first kappa shape index (κ1) is 13.8. The van der Waals surface area contributed by atoms with Crippen LogP contribution in [0.4, 0.5) is 10.5 Å². The Morgan fingerprint density at radius 1 is 1.50 bits per heavy atom. The molecule has 1 rings (SSSR count). The van der Waals surface area contributed by atoms with E-state index in [1.165, 1.54) is 4.90 Å². The number of benzene rings is 1. The van der Waals surface area contributed by atoms with E-state index in [2.05, 4.69) is 5.32 Å². The van der Waals surface area contributed by atoms with Crippen LogP contribution in [0, 0.1) is 11.3 Å². The first-order valence-electron chi connectivity index (χ1n) is 5.63. The molecule has 1 aromatic carbocycles. The number of nitriles is 1. The number of amides is 2. The molecule has 5 heteroatoms. The minimum Gasteiger partial charge on any atom is -0.497 e. The fourth-order valence-corrected chi connectivity index (χ4v) is 1.36. The van der Waals surface area contributed by atoms with Crippen LogP contribution in [0.2, 0.25) is 0 Å². The van der Waals surface area contributed by atoms with E-state index in [1.807, 2.05) is 13.0 Å². The number of carbonyl (C=O) groups excluding carboxylic acids is 1. The number of hydrogen-bond acceptors (Lipinski definition) is 3. The second-order valence-electron chi connectivity index (χ2n) is 3.98. The molecule has 5 nitrogen and oxygen atoms in total. The van der Waals surface area contributed by atoms with Crippen LogP contribution in [0.1, 0.15) is 13.3 Å². The van der Waals surface area contributed by atoms with Crippen molar-refractivity contribution in [2.24, 2.45) is 0 Å². The summed E-state index contributed by atoms with van der Waals surface area (Å²) in [7, 11) is 3.26. The van der Waals surface area contributed by atoms with Crippen molar-refractivity contribution in [1.82, 2.24) is 4.90 Å². The topological polar surface area (TPSA) is 65.4 Å². The van der Waals surface area contributed by atoms with Crippen molar-refractivity contribution < 1.29 is 9.53 Å². The fraction of sp³-hybridized carbons (Fsp3) is 0.385. The maximum atomic E-state index is 11.9. The van der Waals surface area contributed by atoms with Crippen LogP contribution >= 0.6 is 0 Å². The number of nitrogens with zero attached hydrogens (tertiary/aromatic N) is 2. The summed E-state index contributed by atoms with van der Waals surface area (Å²) in [5, 5.41) is 11.3. The van der Waals surface area contributed by atoms with Crippen molar-refractivity contribution in [1.29, 1.82) is 5.26 Å². The van der Waals surface area contributed by atoms with Gasteiger partial charge in [0.25, 0.3) is 0 Å². The van der Waals surface area contributed by atoms with Gasteiger partial charge in [0.15, 0.2) is 0 Å². The molecular weight excluding hydrogens is 230 g/mol. The van der Waals surface area contributed by atoms with Gasteiger partial charge in [-0.2, -0.15) is 5.26 Å². The van der Waals surface area contributed by atoms with E-state index in [9.17, 15) is 4.79 Å². The quantitative estimate of drug-likeness (QED) is 0.888. The van der Waals surface area contributed by atoms with Gasteiger partial charge in [-0.25, -0.2) is 4.79 Å². The molecule has 0 saturated heterocycles. The molecule has 0 radical (unpaired) electrons. The summed E-state index contributed by atoms with van der Waals surface area (Å²) in [5.41, 5.74) is 0.691. The molecule has 0 aliphatic rings. The van der Waals surface area contributed by atoms with Crippen molar-refractivity contribution in [3.05, 3.63) is 24.3 Å². The predicted molar refractivity (Wildman–Crippen MR) is 69.5 cm³/mol. The van der Waals surface area contributed by atoms with Gasteiger partial charge in [-0.3, -0.25) is 0 Å². The highest BCUT2D eigenvalue weighted by atomic mass is 16.5. The third-order valence-corrected chi connectivity index (χ3v) is 2.71. The summed E-state index contributed by atoms with van der Waals surface area (Å²) in [6.45, 7) is 1.83. The average Bonchev–Trinajstić information content (AvgIpc) is 2.39. The van der Waals surface area contributed by atoms with E-state index >= 15 is 0 Å². The second kappa shape index (κ2) is 6.50. The zero-order valence-corrected chi connectivity index (χ0v) is 10.8. The summed E-state index contributed by atoms with van der Waals surface area (Å²) < 4.78 is 5.03. The molecule has 0 bridgehead atoms. The molecule has 18 heavy (non-hydrogen) atoms. The van der Waals surface area contributed by atoms with Crippen LogP contribution in [0.3, 0.4) is 0 Å². The van der Waals surface area contributed by atoms with E-state index in [-0.39, 0.29) is 12.1 Å². The van der Waals surface area contributed by atoms with Crippen LogP contribution in [0.15, 0.2) is 24.3 Å². The molecule has 0 aliphatic heterocycles. The molecule has 0 heterocycles. The number of methoxy groups -OCH3 is 1. The highest BCUT2D eigenvalue weighted by Gasteiger charge is 2.15. The largest absolute Gasteiger partial charge is 0.497 e. The molecule has 0 spiro atoms. The zero-order valence-electron chi connectivity index (χ0n) is 10.8. The Bertz CT molecular complexity index is 437. The normalized spacial score (nSPS) is 11.2. The van der Waals surface area contributed by atoms with E-state index in [1.54, 1.807) is 38.4 Å². The number of carbonyl (C=O) groups is 1. The third kappa shape index (κ3) is 3.67. The van der Waals surface area contributed by atoms with E-state index in [4.69, 9.17) is 10.00 Å². The van der Waals surface area contributed by atoms with Crippen LogP contribution in [0.5, 0.6) is 5.75 Å². The molecule has 0 aromatic heterocycles. The molecule has 1 N–H and O–H groups in total. The van der Waals surface area contributed by atoms with Crippen LogP contribution in [-0.4, -0.2) is 31.1 Å². The van der Waals surface area contributed by atoms with Crippen LogP contribution in [0.25, 0.3) is 0 Å².